The number of aromatic nitrogens is 1. The third-order valence-corrected chi connectivity index (χ3v) is 4.09. The van der Waals surface area contributed by atoms with Crippen LogP contribution < -0.4 is 5.32 Å². The van der Waals surface area contributed by atoms with Crippen molar-refractivity contribution in [3.05, 3.63) is 42.1 Å². The third-order valence-electron chi connectivity index (χ3n) is 4.09. The first kappa shape index (κ1) is 13.1. The summed E-state index contributed by atoms with van der Waals surface area (Å²) in [6, 6.07) is 9.35. The molecule has 2 N–H and O–H groups in total. The second-order valence-corrected chi connectivity index (χ2v) is 5.57. The fraction of sp³-hybridized carbons (Fsp3) is 0.375. The van der Waals surface area contributed by atoms with Crippen molar-refractivity contribution in [3.63, 3.8) is 0 Å². The van der Waals surface area contributed by atoms with E-state index in [-0.39, 0.29) is 17.9 Å². The first-order valence-corrected chi connectivity index (χ1v) is 6.96. The van der Waals surface area contributed by atoms with Crippen LogP contribution in [0.25, 0.3) is 10.9 Å². The van der Waals surface area contributed by atoms with E-state index < -0.39 is 0 Å². The van der Waals surface area contributed by atoms with Crippen LogP contribution in [0.4, 0.5) is 0 Å². The van der Waals surface area contributed by atoms with E-state index in [1.54, 1.807) is 12.3 Å². The summed E-state index contributed by atoms with van der Waals surface area (Å²) >= 11 is 0. The zero-order valence-corrected chi connectivity index (χ0v) is 11.3. The lowest BCUT2D eigenvalue weighted by Crippen LogP contribution is -2.30. The van der Waals surface area contributed by atoms with Crippen molar-refractivity contribution in [2.75, 3.05) is 13.2 Å². The summed E-state index contributed by atoms with van der Waals surface area (Å²) in [7, 11) is 0. The lowest BCUT2D eigenvalue weighted by atomic mass is 10.0. The summed E-state index contributed by atoms with van der Waals surface area (Å²) in [5.74, 6) is -0.0556. The van der Waals surface area contributed by atoms with Crippen molar-refractivity contribution in [1.82, 2.24) is 10.3 Å². The van der Waals surface area contributed by atoms with Crippen LogP contribution in [0.1, 0.15) is 29.6 Å². The normalized spacial score (nSPS) is 16.1. The van der Waals surface area contributed by atoms with Crippen molar-refractivity contribution >= 4 is 16.8 Å². The van der Waals surface area contributed by atoms with Crippen LogP contribution in [0.5, 0.6) is 0 Å². The van der Waals surface area contributed by atoms with E-state index in [1.165, 1.54) is 0 Å². The maximum atomic E-state index is 12.2. The van der Waals surface area contributed by atoms with E-state index in [0.29, 0.717) is 12.1 Å². The highest BCUT2D eigenvalue weighted by Crippen LogP contribution is 2.47. The van der Waals surface area contributed by atoms with Crippen LogP contribution in [0.2, 0.25) is 0 Å². The number of carbonyl (C=O) groups excluding carboxylic acids is 1. The van der Waals surface area contributed by atoms with Crippen LogP contribution in [-0.4, -0.2) is 29.1 Å². The molecule has 0 spiro atoms. The topological polar surface area (TPSA) is 62.2 Å². The fourth-order valence-corrected chi connectivity index (χ4v) is 2.52. The molecule has 1 fully saturated rings. The van der Waals surface area contributed by atoms with Crippen molar-refractivity contribution in [1.29, 1.82) is 0 Å². The van der Waals surface area contributed by atoms with E-state index >= 15 is 0 Å². The van der Waals surface area contributed by atoms with Gasteiger partial charge in [-0.1, -0.05) is 6.07 Å². The zero-order valence-electron chi connectivity index (χ0n) is 11.3. The summed E-state index contributed by atoms with van der Waals surface area (Å²) in [5, 5.41) is 13.0. The predicted octanol–water partition coefficient (Wildman–Crippen LogP) is 2.13. The Morgan fingerprint density at radius 2 is 2.20 bits per heavy atom. The number of aliphatic hydroxyl groups is 1. The predicted molar refractivity (Wildman–Crippen MR) is 77.4 cm³/mol. The fourth-order valence-electron chi connectivity index (χ4n) is 2.52. The van der Waals surface area contributed by atoms with Gasteiger partial charge >= 0.3 is 0 Å². The van der Waals surface area contributed by atoms with Crippen LogP contribution in [0.15, 0.2) is 36.5 Å². The molecule has 4 nitrogen and oxygen atoms in total. The highest BCUT2D eigenvalue weighted by molar-refractivity contribution is 5.97. The molecule has 1 amide bonds. The minimum Gasteiger partial charge on any atom is -0.396 e. The average Bonchev–Trinajstić information content (AvgIpc) is 3.25. The number of fused-ring (bicyclic) bond motifs is 1. The van der Waals surface area contributed by atoms with Gasteiger partial charge in [-0.05, 0) is 48.9 Å². The number of aliphatic hydroxyl groups excluding tert-OH is 1. The summed E-state index contributed by atoms with van der Waals surface area (Å²) < 4.78 is 0. The Bertz CT molecular complexity index is 635. The van der Waals surface area contributed by atoms with Gasteiger partial charge in [-0.25, -0.2) is 0 Å². The molecule has 0 atom stereocenters. The summed E-state index contributed by atoms with van der Waals surface area (Å²) in [6.07, 6.45) is 4.70. The SMILES string of the molecule is O=C(NCC1(CCO)CC1)c1ccc2ncccc2c1. The van der Waals surface area contributed by atoms with E-state index in [9.17, 15) is 4.79 Å². The van der Waals surface area contributed by atoms with Gasteiger partial charge in [0.25, 0.3) is 5.91 Å². The van der Waals surface area contributed by atoms with E-state index in [2.05, 4.69) is 10.3 Å². The number of benzene rings is 1. The van der Waals surface area contributed by atoms with E-state index in [1.807, 2.05) is 24.3 Å². The maximum absolute atomic E-state index is 12.2. The van der Waals surface area contributed by atoms with Crippen molar-refractivity contribution < 1.29 is 9.90 Å². The van der Waals surface area contributed by atoms with Gasteiger partial charge in [0.2, 0.25) is 0 Å². The van der Waals surface area contributed by atoms with Gasteiger partial charge in [0, 0.05) is 30.3 Å². The molecule has 1 aromatic heterocycles. The molecular formula is C16H18N2O2. The zero-order chi connectivity index (χ0) is 14.0. The first-order valence-electron chi connectivity index (χ1n) is 6.96. The number of nitrogens with one attached hydrogen (secondary N) is 1. The summed E-state index contributed by atoms with van der Waals surface area (Å²) in [4.78, 5) is 16.4. The number of carbonyl (C=O) groups is 1. The summed E-state index contributed by atoms with van der Waals surface area (Å²) in [5.41, 5.74) is 1.69. The Hall–Kier alpha value is -1.94. The first-order chi connectivity index (χ1) is 9.72. The molecule has 20 heavy (non-hydrogen) atoms. The van der Waals surface area contributed by atoms with Gasteiger partial charge in [0.1, 0.15) is 0 Å². The maximum Gasteiger partial charge on any atom is 0.251 e. The number of rotatable bonds is 5. The van der Waals surface area contributed by atoms with Crippen LogP contribution in [-0.2, 0) is 0 Å². The Morgan fingerprint density at radius 3 is 2.95 bits per heavy atom. The smallest absolute Gasteiger partial charge is 0.251 e. The van der Waals surface area contributed by atoms with Gasteiger partial charge in [0.05, 0.1) is 5.52 Å². The molecular weight excluding hydrogens is 252 g/mol. The number of amides is 1. The van der Waals surface area contributed by atoms with Crippen LogP contribution in [0, 0.1) is 5.41 Å². The molecule has 1 heterocycles. The van der Waals surface area contributed by atoms with Crippen molar-refractivity contribution in [3.8, 4) is 0 Å². The second kappa shape index (κ2) is 5.21. The molecule has 1 aromatic carbocycles. The quantitative estimate of drug-likeness (QED) is 0.875. The molecule has 3 rings (SSSR count). The molecule has 0 radical (unpaired) electrons. The lowest BCUT2D eigenvalue weighted by molar-refractivity contribution is 0.0941. The molecule has 1 aliphatic carbocycles. The van der Waals surface area contributed by atoms with Crippen LogP contribution >= 0.6 is 0 Å². The highest BCUT2D eigenvalue weighted by Gasteiger charge is 2.41. The van der Waals surface area contributed by atoms with Crippen molar-refractivity contribution in [2.24, 2.45) is 5.41 Å². The van der Waals surface area contributed by atoms with Crippen molar-refractivity contribution in [2.45, 2.75) is 19.3 Å². The molecule has 1 saturated carbocycles. The highest BCUT2D eigenvalue weighted by atomic mass is 16.3. The van der Waals surface area contributed by atoms with E-state index in [0.717, 1.165) is 30.2 Å². The number of hydrogen-bond donors (Lipinski definition) is 2. The molecule has 4 heteroatoms. The van der Waals surface area contributed by atoms with Gasteiger partial charge in [0.15, 0.2) is 0 Å². The van der Waals surface area contributed by atoms with Gasteiger partial charge in [-0.15, -0.1) is 0 Å². The molecule has 0 unspecified atom stereocenters. The minimum absolute atomic E-state index is 0.0556. The van der Waals surface area contributed by atoms with Gasteiger partial charge in [-0.2, -0.15) is 0 Å². The molecule has 1 aliphatic rings. The Kier molecular flexibility index (Phi) is 3.40. The standard InChI is InChI=1S/C16H18N2O2/c19-9-7-16(5-6-16)11-18-15(20)13-3-4-14-12(10-13)2-1-8-17-14/h1-4,8,10,19H,5-7,9,11H2,(H,18,20). The molecule has 0 saturated heterocycles. The lowest BCUT2D eigenvalue weighted by Gasteiger charge is -2.14. The van der Waals surface area contributed by atoms with Gasteiger partial charge in [-0.3, -0.25) is 9.78 Å². The molecule has 104 valence electrons. The van der Waals surface area contributed by atoms with E-state index in [4.69, 9.17) is 5.11 Å². The number of hydrogen-bond acceptors (Lipinski definition) is 3. The molecule has 0 bridgehead atoms. The average molecular weight is 270 g/mol. The number of pyridine rings is 1. The third kappa shape index (κ3) is 2.65. The monoisotopic (exact) mass is 270 g/mol. The Morgan fingerprint density at radius 1 is 1.35 bits per heavy atom. The minimum atomic E-state index is -0.0556. The Balaban J connectivity index is 1.69. The summed E-state index contributed by atoms with van der Waals surface area (Å²) in [6.45, 7) is 0.842. The molecule has 0 aliphatic heterocycles. The largest absolute Gasteiger partial charge is 0.396 e. The Labute approximate surface area is 117 Å². The number of nitrogens with zero attached hydrogens (tertiary/aromatic N) is 1. The van der Waals surface area contributed by atoms with Crippen LogP contribution in [0.3, 0.4) is 0 Å². The second-order valence-electron chi connectivity index (χ2n) is 5.57. The van der Waals surface area contributed by atoms with Gasteiger partial charge < -0.3 is 10.4 Å². The molecule has 2 aromatic rings.